The summed E-state index contributed by atoms with van der Waals surface area (Å²) in [6, 6.07) is 6.22. The van der Waals surface area contributed by atoms with Crippen molar-refractivity contribution >= 4 is 5.95 Å². The van der Waals surface area contributed by atoms with Crippen molar-refractivity contribution in [1.29, 1.82) is 0 Å². The van der Waals surface area contributed by atoms with Gasteiger partial charge in [0.1, 0.15) is 5.82 Å². The Bertz CT molecular complexity index is 718. The van der Waals surface area contributed by atoms with E-state index >= 15 is 0 Å². The molecule has 0 saturated heterocycles. The largest absolute Gasteiger partial charge is 0.493 e. The Morgan fingerprint density at radius 3 is 2.26 bits per heavy atom. The zero-order chi connectivity index (χ0) is 19.6. The highest BCUT2D eigenvalue weighted by atomic mass is 16.5. The number of hydrogen-bond acceptors (Lipinski definition) is 7. The fourth-order valence-corrected chi connectivity index (χ4v) is 2.80. The summed E-state index contributed by atoms with van der Waals surface area (Å²) in [5, 5.41) is 0. The van der Waals surface area contributed by atoms with Crippen molar-refractivity contribution in [2.45, 2.75) is 40.0 Å². The molecule has 7 nitrogen and oxygen atoms in total. The first kappa shape index (κ1) is 20.7. The van der Waals surface area contributed by atoms with E-state index in [-0.39, 0.29) is 0 Å². The lowest BCUT2D eigenvalue weighted by molar-refractivity contribution is 0.294. The zero-order valence-corrected chi connectivity index (χ0v) is 17.0. The van der Waals surface area contributed by atoms with Gasteiger partial charge in [-0.3, -0.25) is 0 Å². The van der Waals surface area contributed by atoms with Gasteiger partial charge in [0.25, 0.3) is 0 Å². The fourth-order valence-electron chi connectivity index (χ4n) is 2.80. The first-order valence-electron chi connectivity index (χ1n) is 9.42. The molecule has 0 atom stereocenters. The molecule has 0 N–H and O–H groups in total. The van der Waals surface area contributed by atoms with Crippen LogP contribution in [0.1, 0.15) is 38.1 Å². The topological polar surface area (TPSA) is 69.6 Å². The standard InChI is InChI=1S/C20H30N4O3/c1-6-11-24(12-7-2)19-21-15(3)22-20(23-19)27-13-10-16-8-9-17(25-4)18(14-16)26-5/h8-9,14H,6-7,10-13H2,1-5H3. The van der Waals surface area contributed by atoms with Crippen molar-refractivity contribution in [3.8, 4) is 17.5 Å². The van der Waals surface area contributed by atoms with E-state index in [0.717, 1.165) is 31.5 Å². The number of benzene rings is 1. The van der Waals surface area contributed by atoms with E-state index in [0.29, 0.717) is 42.3 Å². The van der Waals surface area contributed by atoms with E-state index in [4.69, 9.17) is 14.2 Å². The third-order valence-corrected chi connectivity index (χ3v) is 4.05. The van der Waals surface area contributed by atoms with Gasteiger partial charge in [-0.2, -0.15) is 15.0 Å². The van der Waals surface area contributed by atoms with Gasteiger partial charge in [0.15, 0.2) is 11.5 Å². The average molecular weight is 374 g/mol. The molecule has 0 aliphatic carbocycles. The molecule has 1 heterocycles. The molecule has 1 aromatic heterocycles. The molecule has 0 bridgehead atoms. The number of nitrogens with zero attached hydrogens (tertiary/aromatic N) is 4. The predicted octanol–water partition coefficient (Wildman–Crippen LogP) is 3.45. The van der Waals surface area contributed by atoms with E-state index in [2.05, 4.69) is 33.7 Å². The first-order valence-corrected chi connectivity index (χ1v) is 9.42. The predicted molar refractivity (Wildman–Crippen MR) is 106 cm³/mol. The number of anilines is 1. The number of rotatable bonds is 11. The molecule has 0 aliphatic heterocycles. The van der Waals surface area contributed by atoms with Gasteiger partial charge in [-0.25, -0.2) is 0 Å². The monoisotopic (exact) mass is 374 g/mol. The third kappa shape index (κ3) is 5.98. The minimum atomic E-state index is 0.371. The normalized spacial score (nSPS) is 10.6. The maximum absolute atomic E-state index is 5.81. The summed E-state index contributed by atoms with van der Waals surface area (Å²) in [5.74, 6) is 2.78. The maximum Gasteiger partial charge on any atom is 0.321 e. The second-order valence-corrected chi connectivity index (χ2v) is 6.24. The van der Waals surface area contributed by atoms with Crippen LogP contribution in [0.15, 0.2) is 18.2 Å². The summed E-state index contributed by atoms with van der Waals surface area (Å²) in [5.41, 5.74) is 1.09. The summed E-state index contributed by atoms with van der Waals surface area (Å²) in [6.45, 7) is 8.47. The Hall–Kier alpha value is -2.57. The van der Waals surface area contributed by atoms with Crippen molar-refractivity contribution in [2.75, 3.05) is 38.8 Å². The van der Waals surface area contributed by atoms with Gasteiger partial charge in [-0.1, -0.05) is 19.9 Å². The molecule has 2 aromatic rings. The molecule has 7 heteroatoms. The second kappa shape index (κ2) is 10.5. The number of methoxy groups -OCH3 is 2. The average Bonchev–Trinajstić information content (AvgIpc) is 2.67. The minimum absolute atomic E-state index is 0.371. The van der Waals surface area contributed by atoms with Crippen LogP contribution in [-0.2, 0) is 6.42 Å². The van der Waals surface area contributed by atoms with Crippen molar-refractivity contribution in [3.63, 3.8) is 0 Å². The van der Waals surface area contributed by atoms with Gasteiger partial charge in [-0.15, -0.1) is 0 Å². The number of aryl methyl sites for hydroxylation is 1. The van der Waals surface area contributed by atoms with E-state index in [1.807, 2.05) is 25.1 Å². The molecule has 0 fully saturated rings. The lowest BCUT2D eigenvalue weighted by atomic mass is 10.1. The van der Waals surface area contributed by atoms with Crippen LogP contribution in [-0.4, -0.2) is 48.9 Å². The van der Waals surface area contributed by atoms with E-state index in [9.17, 15) is 0 Å². The molecule has 27 heavy (non-hydrogen) atoms. The van der Waals surface area contributed by atoms with Crippen LogP contribution >= 0.6 is 0 Å². The molecule has 0 amide bonds. The lowest BCUT2D eigenvalue weighted by Gasteiger charge is -2.21. The molecule has 0 unspecified atom stereocenters. The molecule has 1 aromatic carbocycles. The van der Waals surface area contributed by atoms with Gasteiger partial charge < -0.3 is 19.1 Å². The molecule has 148 valence electrons. The van der Waals surface area contributed by atoms with Crippen LogP contribution in [0.3, 0.4) is 0 Å². The Morgan fingerprint density at radius 1 is 0.926 bits per heavy atom. The van der Waals surface area contributed by atoms with Crippen LogP contribution in [0.5, 0.6) is 17.5 Å². The third-order valence-electron chi connectivity index (χ3n) is 4.05. The molecule has 0 radical (unpaired) electrons. The summed E-state index contributed by atoms with van der Waals surface area (Å²) < 4.78 is 16.4. The van der Waals surface area contributed by atoms with Gasteiger partial charge >= 0.3 is 6.01 Å². The van der Waals surface area contributed by atoms with Crippen molar-refractivity contribution in [1.82, 2.24) is 15.0 Å². The molecule has 0 saturated carbocycles. The molecule has 0 aliphatic rings. The van der Waals surface area contributed by atoms with E-state index in [1.165, 1.54) is 0 Å². The van der Waals surface area contributed by atoms with Gasteiger partial charge in [0.05, 0.1) is 20.8 Å². The summed E-state index contributed by atoms with van der Waals surface area (Å²) >= 11 is 0. The van der Waals surface area contributed by atoms with E-state index in [1.54, 1.807) is 14.2 Å². The van der Waals surface area contributed by atoms with Crippen LogP contribution in [0.25, 0.3) is 0 Å². The van der Waals surface area contributed by atoms with E-state index < -0.39 is 0 Å². The highest BCUT2D eigenvalue weighted by molar-refractivity contribution is 5.43. The zero-order valence-electron chi connectivity index (χ0n) is 17.0. The van der Waals surface area contributed by atoms with Crippen LogP contribution in [0, 0.1) is 6.92 Å². The Labute approximate surface area is 161 Å². The summed E-state index contributed by atoms with van der Waals surface area (Å²) in [7, 11) is 3.26. The summed E-state index contributed by atoms with van der Waals surface area (Å²) in [6.07, 6.45) is 2.80. The fraction of sp³-hybridized carbons (Fsp3) is 0.550. The van der Waals surface area contributed by atoms with Crippen LogP contribution in [0.2, 0.25) is 0 Å². The first-order chi connectivity index (χ1) is 13.1. The smallest absolute Gasteiger partial charge is 0.321 e. The highest BCUT2D eigenvalue weighted by Gasteiger charge is 2.12. The minimum Gasteiger partial charge on any atom is -0.493 e. The molecule has 0 spiro atoms. The molecular weight excluding hydrogens is 344 g/mol. The van der Waals surface area contributed by atoms with Gasteiger partial charge in [-0.05, 0) is 37.5 Å². The SMILES string of the molecule is CCCN(CCC)c1nc(C)nc(OCCc2ccc(OC)c(OC)c2)n1. The van der Waals surface area contributed by atoms with Crippen molar-refractivity contribution in [2.24, 2.45) is 0 Å². The van der Waals surface area contributed by atoms with Gasteiger partial charge in [0, 0.05) is 19.5 Å². The Balaban J connectivity index is 2.03. The number of ether oxygens (including phenoxy) is 3. The quantitative estimate of drug-likeness (QED) is 0.597. The van der Waals surface area contributed by atoms with Crippen LogP contribution < -0.4 is 19.1 Å². The van der Waals surface area contributed by atoms with Crippen molar-refractivity contribution < 1.29 is 14.2 Å². The molecular formula is C20H30N4O3. The Kier molecular flexibility index (Phi) is 8.10. The van der Waals surface area contributed by atoms with Crippen LogP contribution in [0.4, 0.5) is 5.95 Å². The van der Waals surface area contributed by atoms with Crippen molar-refractivity contribution in [3.05, 3.63) is 29.6 Å². The lowest BCUT2D eigenvalue weighted by Crippen LogP contribution is -2.27. The van der Waals surface area contributed by atoms with Gasteiger partial charge in [0.2, 0.25) is 5.95 Å². The second-order valence-electron chi connectivity index (χ2n) is 6.24. The maximum atomic E-state index is 5.81. The number of hydrogen-bond donors (Lipinski definition) is 0. The Morgan fingerprint density at radius 2 is 1.63 bits per heavy atom. The highest BCUT2D eigenvalue weighted by Crippen LogP contribution is 2.27. The summed E-state index contributed by atoms with van der Waals surface area (Å²) in [4.78, 5) is 15.5. The molecule has 2 rings (SSSR count). The number of aromatic nitrogens is 3.